The summed E-state index contributed by atoms with van der Waals surface area (Å²) in [4.78, 5) is 15.5. The topological polar surface area (TPSA) is 68.0 Å². The summed E-state index contributed by atoms with van der Waals surface area (Å²) in [5, 5.41) is 13.4. The molecule has 0 aliphatic carbocycles. The minimum Gasteiger partial charge on any atom is -0.478 e. The third-order valence-electron chi connectivity index (χ3n) is 2.97. The van der Waals surface area contributed by atoms with Gasteiger partial charge in [0.2, 0.25) is 0 Å². The van der Waals surface area contributed by atoms with E-state index in [0.29, 0.717) is 11.9 Å². The van der Waals surface area contributed by atoms with Gasteiger partial charge < -0.3 is 5.11 Å². The van der Waals surface area contributed by atoms with Gasteiger partial charge in [-0.1, -0.05) is 20.8 Å². The first-order valence-corrected chi connectivity index (χ1v) is 6.25. The number of benzene rings is 1. The van der Waals surface area contributed by atoms with Crippen molar-refractivity contribution in [1.29, 1.82) is 0 Å². The summed E-state index contributed by atoms with van der Waals surface area (Å²) in [7, 11) is 1.57. The van der Waals surface area contributed by atoms with Gasteiger partial charge in [-0.3, -0.25) is 0 Å². The highest BCUT2D eigenvalue weighted by Crippen LogP contribution is 2.27. The average Bonchev–Trinajstić information content (AvgIpc) is 2.74. The van der Waals surface area contributed by atoms with Crippen molar-refractivity contribution < 1.29 is 18.7 Å². The number of rotatable bonds is 2. The Kier molecular flexibility index (Phi) is 3.52. The minimum absolute atomic E-state index is 0.00750. The fourth-order valence-electron chi connectivity index (χ4n) is 1.85. The molecule has 0 unspecified atom stereocenters. The number of aromatic carboxylic acids is 1. The molecule has 0 amide bonds. The molecular formula is C14H15F2N3O2. The number of carboxylic acid groups (broad SMARTS) is 1. The van der Waals surface area contributed by atoms with Gasteiger partial charge >= 0.3 is 5.97 Å². The lowest BCUT2D eigenvalue weighted by Crippen LogP contribution is -2.13. The van der Waals surface area contributed by atoms with E-state index in [1.165, 1.54) is 4.68 Å². The van der Waals surface area contributed by atoms with E-state index in [0.717, 1.165) is 6.07 Å². The number of aryl methyl sites for hydroxylation is 1. The molecule has 1 heterocycles. The number of hydrogen-bond acceptors (Lipinski definition) is 3. The molecule has 0 aliphatic rings. The molecule has 1 N–H and O–H groups in total. The Morgan fingerprint density at radius 3 is 2.29 bits per heavy atom. The summed E-state index contributed by atoms with van der Waals surface area (Å²) in [5.41, 5.74) is -0.713. The first-order valence-electron chi connectivity index (χ1n) is 6.25. The van der Waals surface area contributed by atoms with Gasteiger partial charge in [0, 0.05) is 18.0 Å². The molecule has 112 valence electrons. The molecule has 0 fully saturated rings. The quantitative estimate of drug-likeness (QED) is 0.925. The summed E-state index contributed by atoms with van der Waals surface area (Å²) in [6.45, 7) is 5.69. The summed E-state index contributed by atoms with van der Waals surface area (Å²) in [6.07, 6.45) is 0. The standard InChI is InChI=1S/C14H15F2N3O2/c1-14(2,3)13-17-11(19(4)18-13)7-5-9(15)10(16)6-8(7)12(20)21/h5-6H,1-4H3,(H,20,21). The second kappa shape index (κ2) is 4.91. The van der Waals surface area contributed by atoms with Crippen LogP contribution in [0.15, 0.2) is 12.1 Å². The van der Waals surface area contributed by atoms with Crippen LogP contribution in [-0.4, -0.2) is 25.8 Å². The van der Waals surface area contributed by atoms with Crippen LogP contribution in [0.4, 0.5) is 8.78 Å². The smallest absolute Gasteiger partial charge is 0.336 e. The third kappa shape index (κ3) is 2.76. The first-order chi connectivity index (χ1) is 9.61. The van der Waals surface area contributed by atoms with E-state index in [1.54, 1.807) is 7.05 Å². The highest BCUT2D eigenvalue weighted by atomic mass is 19.2. The molecule has 2 aromatic rings. The second-order valence-corrected chi connectivity index (χ2v) is 5.75. The van der Waals surface area contributed by atoms with Gasteiger partial charge in [-0.05, 0) is 12.1 Å². The van der Waals surface area contributed by atoms with E-state index in [9.17, 15) is 13.6 Å². The van der Waals surface area contributed by atoms with Gasteiger partial charge in [-0.15, -0.1) is 0 Å². The molecule has 0 spiro atoms. The number of carboxylic acids is 1. The van der Waals surface area contributed by atoms with Crippen molar-refractivity contribution in [2.24, 2.45) is 7.05 Å². The van der Waals surface area contributed by atoms with Crippen molar-refractivity contribution in [2.45, 2.75) is 26.2 Å². The van der Waals surface area contributed by atoms with Crippen molar-refractivity contribution in [3.63, 3.8) is 0 Å². The molecular weight excluding hydrogens is 280 g/mol. The van der Waals surface area contributed by atoms with E-state index in [-0.39, 0.29) is 22.4 Å². The minimum atomic E-state index is -1.36. The van der Waals surface area contributed by atoms with E-state index in [2.05, 4.69) is 10.1 Å². The predicted molar refractivity (Wildman–Crippen MR) is 72.0 cm³/mol. The van der Waals surface area contributed by atoms with Crippen molar-refractivity contribution >= 4 is 5.97 Å². The summed E-state index contributed by atoms with van der Waals surface area (Å²) >= 11 is 0. The van der Waals surface area contributed by atoms with Gasteiger partial charge in [0.05, 0.1) is 5.56 Å². The zero-order valence-electron chi connectivity index (χ0n) is 12.1. The maximum absolute atomic E-state index is 13.5. The maximum Gasteiger partial charge on any atom is 0.336 e. The summed E-state index contributed by atoms with van der Waals surface area (Å²) in [5.74, 6) is -3.04. The van der Waals surface area contributed by atoms with Crippen LogP contribution in [0.3, 0.4) is 0 Å². The normalized spacial score (nSPS) is 11.7. The van der Waals surface area contributed by atoms with Gasteiger partial charge in [0.1, 0.15) is 0 Å². The van der Waals surface area contributed by atoms with Gasteiger partial charge in [0.15, 0.2) is 23.3 Å². The highest BCUT2D eigenvalue weighted by molar-refractivity contribution is 5.95. The van der Waals surface area contributed by atoms with Crippen LogP contribution in [0.25, 0.3) is 11.4 Å². The zero-order chi connectivity index (χ0) is 15.9. The number of hydrogen-bond donors (Lipinski definition) is 1. The van der Waals surface area contributed by atoms with Crippen LogP contribution in [0.5, 0.6) is 0 Å². The fraction of sp³-hybridized carbons (Fsp3) is 0.357. The second-order valence-electron chi connectivity index (χ2n) is 5.75. The average molecular weight is 295 g/mol. The monoisotopic (exact) mass is 295 g/mol. The maximum atomic E-state index is 13.5. The summed E-state index contributed by atoms with van der Waals surface area (Å²) < 4.78 is 28.1. The number of halogens is 2. The molecule has 0 bridgehead atoms. The SMILES string of the molecule is Cn1nc(C(C)(C)C)nc1-c1cc(F)c(F)cc1C(=O)O. The van der Waals surface area contributed by atoms with Crippen LogP contribution in [0.1, 0.15) is 37.0 Å². The zero-order valence-corrected chi connectivity index (χ0v) is 12.1. The highest BCUT2D eigenvalue weighted by Gasteiger charge is 2.25. The van der Waals surface area contributed by atoms with E-state index < -0.39 is 17.6 Å². The molecule has 5 nitrogen and oxygen atoms in total. The van der Waals surface area contributed by atoms with Gasteiger partial charge in [-0.2, -0.15) is 5.10 Å². The predicted octanol–water partition coefficient (Wildman–Crippen LogP) is 2.76. The van der Waals surface area contributed by atoms with Crippen molar-refractivity contribution in [3.8, 4) is 11.4 Å². The Bertz CT molecular complexity index is 718. The van der Waals surface area contributed by atoms with Crippen LogP contribution >= 0.6 is 0 Å². The first kappa shape index (κ1) is 15.1. The Balaban J connectivity index is 2.70. The van der Waals surface area contributed by atoms with Crippen molar-refractivity contribution in [3.05, 3.63) is 35.2 Å². The lowest BCUT2D eigenvalue weighted by molar-refractivity contribution is 0.0697. The van der Waals surface area contributed by atoms with Gasteiger partial charge in [-0.25, -0.2) is 23.2 Å². The van der Waals surface area contributed by atoms with Crippen molar-refractivity contribution in [1.82, 2.24) is 14.8 Å². The molecule has 0 saturated carbocycles. The summed E-state index contributed by atoms with van der Waals surface area (Å²) in [6, 6.07) is 1.48. The Labute approximate surface area is 120 Å². The molecule has 21 heavy (non-hydrogen) atoms. The van der Waals surface area contributed by atoms with E-state index >= 15 is 0 Å². The van der Waals surface area contributed by atoms with Crippen LogP contribution in [-0.2, 0) is 12.5 Å². The Morgan fingerprint density at radius 2 is 1.81 bits per heavy atom. The molecule has 0 saturated heterocycles. The molecule has 1 aromatic heterocycles. The molecule has 2 rings (SSSR count). The molecule has 0 atom stereocenters. The largest absolute Gasteiger partial charge is 0.478 e. The third-order valence-corrected chi connectivity index (χ3v) is 2.97. The number of nitrogens with zero attached hydrogens (tertiary/aromatic N) is 3. The lowest BCUT2D eigenvalue weighted by Gasteiger charge is -2.12. The molecule has 0 radical (unpaired) electrons. The van der Waals surface area contributed by atoms with Crippen LogP contribution < -0.4 is 0 Å². The van der Waals surface area contributed by atoms with Gasteiger partial charge in [0.25, 0.3) is 0 Å². The fourth-order valence-corrected chi connectivity index (χ4v) is 1.85. The van der Waals surface area contributed by atoms with Crippen LogP contribution in [0.2, 0.25) is 0 Å². The molecule has 7 heteroatoms. The van der Waals surface area contributed by atoms with E-state index in [4.69, 9.17) is 5.11 Å². The number of aromatic nitrogens is 3. The molecule has 1 aromatic carbocycles. The lowest BCUT2D eigenvalue weighted by atomic mass is 9.96. The number of carbonyl (C=O) groups is 1. The van der Waals surface area contributed by atoms with Crippen molar-refractivity contribution in [2.75, 3.05) is 0 Å². The van der Waals surface area contributed by atoms with Crippen LogP contribution in [0, 0.1) is 11.6 Å². The Hall–Kier alpha value is -2.31. The molecule has 0 aliphatic heterocycles. The Morgan fingerprint density at radius 1 is 1.24 bits per heavy atom. The van der Waals surface area contributed by atoms with E-state index in [1.807, 2.05) is 20.8 Å².